The number of carbonyl (C=O) groups is 1. The fraction of sp³-hybridized carbons (Fsp3) is 0.455. The number of carboxylic acid groups (broad SMARTS) is 1. The minimum atomic E-state index is -2.06. The topological polar surface area (TPSA) is 99.9 Å². The first kappa shape index (κ1) is 15.1. The zero-order valence-corrected chi connectivity index (χ0v) is 12.1. The lowest BCUT2D eigenvalue weighted by molar-refractivity contribution is -0.160. The van der Waals surface area contributed by atoms with Crippen molar-refractivity contribution >= 4 is 28.6 Å². The number of carboxylic acids is 1. The molecular formula is C11H14INO5. The van der Waals surface area contributed by atoms with Gasteiger partial charge in [-0.1, -0.05) is 6.92 Å². The predicted molar refractivity (Wildman–Crippen MR) is 71.3 cm³/mol. The van der Waals surface area contributed by atoms with E-state index in [9.17, 15) is 15.0 Å². The van der Waals surface area contributed by atoms with Gasteiger partial charge in [0, 0.05) is 11.1 Å². The molecule has 0 aromatic carbocycles. The molecule has 0 radical (unpaired) electrons. The van der Waals surface area contributed by atoms with Gasteiger partial charge in [0.05, 0.1) is 13.7 Å². The first-order valence-electron chi connectivity index (χ1n) is 5.21. The zero-order chi connectivity index (χ0) is 13.9. The smallest absolute Gasteiger partial charge is 0.340 e. The molecule has 3 N–H and O–H groups in total. The number of aromatic nitrogens is 1. The van der Waals surface area contributed by atoms with Crippen LogP contribution in [0.15, 0.2) is 6.07 Å². The maximum Gasteiger partial charge on any atom is 0.340 e. The van der Waals surface area contributed by atoms with E-state index in [1.54, 1.807) is 6.92 Å². The molecule has 1 aromatic rings. The lowest BCUT2D eigenvalue weighted by Crippen LogP contribution is -2.36. The zero-order valence-electron chi connectivity index (χ0n) is 9.97. The van der Waals surface area contributed by atoms with Crippen molar-refractivity contribution in [1.82, 2.24) is 4.98 Å². The Hall–Kier alpha value is -0.930. The van der Waals surface area contributed by atoms with Gasteiger partial charge in [0.1, 0.15) is 3.70 Å². The number of aliphatic carboxylic acids is 1. The molecule has 6 nitrogen and oxygen atoms in total. The quantitative estimate of drug-likeness (QED) is 0.528. The third kappa shape index (κ3) is 2.57. The SMILES string of the molecule is CC[C@@](O)(C(=O)O)c1cc(I)nc(OC)c1CO. The Morgan fingerprint density at radius 2 is 2.22 bits per heavy atom. The highest BCUT2D eigenvalue weighted by Crippen LogP contribution is 2.33. The fourth-order valence-corrected chi connectivity index (χ4v) is 2.20. The molecule has 0 aliphatic heterocycles. The van der Waals surface area contributed by atoms with E-state index in [4.69, 9.17) is 9.84 Å². The Morgan fingerprint density at radius 1 is 1.61 bits per heavy atom. The molecule has 1 aromatic heterocycles. The average Bonchev–Trinajstić information content (AvgIpc) is 2.36. The molecule has 0 aliphatic rings. The molecule has 0 amide bonds. The molecule has 0 spiro atoms. The van der Waals surface area contributed by atoms with Gasteiger partial charge < -0.3 is 20.1 Å². The van der Waals surface area contributed by atoms with Crippen LogP contribution in [0.2, 0.25) is 0 Å². The number of hydrogen-bond donors (Lipinski definition) is 3. The van der Waals surface area contributed by atoms with E-state index in [2.05, 4.69) is 4.98 Å². The van der Waals surface area contributed by atoms with Crippen molar-refractivity contribution in [3.8, 4) is 5.88 Å². The largest absolute Gasteiger partial charge is 0.481 e. The molecule has 0 fully saturated rings. The summed E-state index contributed by atoms with van der Waals surface area (Å²) >= 11 is 1.89. The van der Waals surface area contributed by atoms with Gasteiger partial charge >= 0.3 is 5.97 Å². The Balaban J connectivity index is 3.56. The Bertz CT molecular complexity index is 465. The van der Waals surface area contributed by atoms with Gasteiger partial charge in [-0.3, -0.25) is 0 Å². The number of hydrogen-bond acceptors (Lipinski definition) is 5. The van der Waals surface area contributed by atoms with Gasteiger partial charge in [-0.25, -0.2) is 9.78 Å². The Kier molecular flexibility index (Phi) is 4.88. The number of pyridine rings is 1. The summed E-state index contributed by atoms with van der Waals surface area (Å²) < 4.78 is 5.47. The second-order valence-electron chi connectivity index (χ2n) is 3.66. The van der Waals surface area contributed by atoms with Crippen molar-refractivity contribution in [2.45, 2.75) is 25.6 Å². The van der Waals surface area contributed by atoms with E-state index in [1.807, 2.05) is 22.6 Å². The van der Waals surface area contributed by atoms with Gasteiger partial charge in [-0.15, -0.1) is 0 Å². The van der Waals surface area contributed by atoms with Crippen molar-refractivity contribution in [3.05, 3.63) is 20.9 Å². The number of ether oxygens (including phenoxy) is 1. The van der Waals surface area contributed by atoms with Crippen molar-refractivity contribution in [1.29, 1.82) is 0 Å². The van der Waals surface area contributed by atoms with Gasteiger partial charge in [0.2, 0.25) is 5.88 Å². The van der Waals surface area contributed by atoms with Crippen LogP contribution >= 0.6 is 22.6 Å². The highest BCUT2D eigenvalue weighted by atomic mass is 127. The first-order valence-corrected chi connectivity index (χ1v) is 6.29. The van der Waals surface area contributed by atoms with Crippen LogP contribution in [0.1, 0.15) is 24.5 Å². The van der Waals surface area contributed by atoms with Crippen LogP contribution in [-0.4, -0.2) is 33.4 Å². The standard InChI is InChI=1S/C11H14INO5/c1-3-11(17,10(15)16)7-4-8(12)13-9(18-2)6(7)5-14/h4,14,17H,3,5H2,1-2H3,(H,15,16)/t11-/m0/s1. The van der Waals surface area contributed by atoms with E-state index < -0.39 is 18.2 Å². The summed E-state index contributed by atoms with van der Waals surface area (Å²) in [7, 11) is 1.37. The van der Waals surface area contributed by atoms with Crippen LogP contribution in [0.25, 0.3) is 0 Å². The molecular weight excluding hydrogens is 353 g/mol. The van der Waals surface area contributed by atoms with Crippen LogP contribution in [-0.2, 0) is 17.0 Å². The van der Waals surface area contributed by atoms with Gasteiger partial charge in [0.25, 0.3) is 0 Å². The maximum absolute atomic E-state index is 11.2. The summed E-state index contributed by atoms with van der Waals surface area (Å²) in [6.45, 7) is 1.09. The summed E-state index contributed by atoms with van der Waals surface area (Å²) in [5, 5.41) is 28.7. The van der Waals surface area contributed by atoms with Crippen LogP contribution in [0, 0.1) is 3.70 Å². The number of aliphatic hydroxyl groups is 2. The van der Waals surface area contributed by atoms with Gasteiger partial charge in [0.15, 0.2) is 5.60 Å². The molecule has 0 bridgehead atoms. The molecule has 1 heterocycles. The summed E-state index contributed by atoms with van der Waals surface area (Å²) in [6, 6.07) is 1.44. The third-order valence-corrected chi connectivity index (χ3v) is 3.27. The summed E-state index contributed by atoms with van der Waals surface area (Å²) in [5.41, 5.74) is -1.77. The van der Waals surface area contributed by atoms with Crippen molar-refractivity contribution in [2.75, 3.05) is 7.11 Å². The molecule has 100 valence electrons. The summed E-state index contributed by atoms with van der Waals surface area (Å²) in [6.07, 6.45) is -0.0292. The molecule has 0 saturated heterocycles. The van der Waals surface area contributed by atoms with E-state index >= 15 is 0 Å². The van der Waals surface area contributed by atoms with E-state index in [0.717, 1.165) is 0 Å². The number of rotatable bonds is 5. The van der Waals surface area contributed by atoms with Crippen LogP contribution < -0.4 is 4.74 Å². The second kappa shape index (κ2) is 5.81. The highest BCUT2D eigenvalue weighted by Gasteiger charge is 2.39. The molecule has 0 saturated carbocycles. The number of halogens is 1. The van der Waals surface area contributed by atoms with Gasteiger partial charge in [-0.2, -0.15) is 0 Å². The lowest BCUT2D eigenvalue weighted by atomic mass is 9.88. The Morgan fingerprint density at radius 3 is 2.61 bits per heavy atom. The van der Waals surface area contributed by atoms with E-state index in [1.165, 1.54) is 13.2 Å². The maximum atomic E-state index is 11.2. The minimum absolute atomic E-state index is 0.0292. The first-order chi connectivity index (χ1) is 8.40. The predicted octanol–water partition coefficient (Wildman–Crippen LogP) is 0.869. The molecule has 0 unspecified atom stereocenters. The van der Waals surface area contributed by atoms with Crippen molar-refractivity contribution < 1.29 is 24.9 Å². The second-order valence-corrected chi connectivity index (χ2v) is 4.76. The minimum Gasteiger partial charge on any atom is -0.481 e. The van der Waals surface area contributed by atoms with Crippen LogP contribution in [0.5, 0.6) is 5.88 Å². The monoisotopic (exact) mass is 367 g/mol. The fourth-order valence-electron chi connectivity index (χ4n) is 1.67. The Labute approximate surface area is 118 Å². The molecule has 1 rings (SSSR count). The van der Waals surface area contributed by atoms with Gasteiger partial charge in [-0.05, 0) is 35.1 Å². The van der Waals surface area contributed by atoms with Crippen LogP contribution in [0.4, 0.5) is 0 Å². The molecule has 0 aliphatic carbocycles. The summed E-state index contributed by atoms with van der Waals surface area (Å²) in [5.74, 6) is -1.25. The van der Waals surface area contributed by atoms with E-state index in [0.29, 0.717) is 3.70 Å². The molecule has 1 atom stereocenters. The number of nitrogens with zero attached hydrogens (tertiary/aromatic N) is 1. The highest BCUT2D eigenvalue weighted by molar-refractivity contribution is 14.1. The average molecular weight is 367 g/mol. The normalized spacial score (nSPS) is 14.1. The molecule has 18 heavy (non-hydrogen) atoms. The number of aliphatic hydroxyl groups excluding tert-OH is 1. The lowest BCUT2D eigenvalue weighted by Gasteiger charge is -2.25. The van der Waals surface area contributed by atoms with E-state index in [-0.39, 0.29) is 23.4 Å². The van der Waals surface area contributed by atoms with Crippen LogP contribution in [0.3, 0.4) is 0 Å². The summed E-state index contributed by atoms with van der Waals surface area (Å²) in [4.78, 5) is 15.3. The number of methoxy groups -OCH3 is 1. The third-order valence-electron chi connectivity index (χ3n) is 2.72. The van der Waals surface area contributed by atoms with Crippen molar-refractivity contribution in [3.63, 3.8) is 0 Å². The molecule has 7 heteroatoms. The van der Waals surface area contributed by atoms with Crippen molar-refractivity contribution in [2.24, 2.45) is 0 Å².